The number of hydrogen-bond acceptors (Lipinski definition) is 9. The Morgan fingerprint density at radius 3 is 2.58 bits per heavy atom. The summed E-state index contributed by atoms with van der Waals surface area (Å²) in [5, 5.41) is 30.4. The Hall–Kier alpha value is -3.54. The monoisotopic (exact) mass is 373 g/mol. The molecular weight excluding hydrogens is 362 g/mol. The Labute approximate surface area is 150 Å². The van der Waals surface area contributed by atoms with Crippen LogP contribution in [0.15, 0.2) is 35.5 Å². The molecule has 0 atom stereocenters. The van der Waals surface area contributed by atoms with Gasteiger partial charge in [0, 0.05) is 25.3 Å². The van der Waals surface area contributed by atoms with E-state index in [1.165, 1.54) is 40.4 Å². The molecule has 0 aliphatic rings. The summed E-state index contributed by atoms with van der Waals surface area (Å²) in [7, 11) is 0. The van der Waals surface area contributed by atoms with Crippen molar-refractivity contribution in [3.63, 3.8) is 0 Å². The molecular formula is C14H11N7O4S. The van der Waals surface area contributed by atoms with E-state index in [1.54, 1.807) is 19.1 Å². The van der Waals surface area contributed by atoms with E-state index in [-0.39, 0.29) is 18.1 Å². The molecule has 132 valence electrons. The molecule has 11 nitrogen and oxygen atoms in total. The predicted octanol–water partition coefficient (Wildman–Crippen LogP) is 2.66. The lowest BCUT2D eigenvalue weighted by Crippen LogP contribution is -2.05. The van der Waals surface area contributed by atoms with Gasteiger partial charge in [-0.25, -0.2) is 14.5 Å². The quantitative estimate of drug-likeness (QED) is 0.367. The highest BCUT2D eigenvalue weighted by Gasteiger charge is 2.19. The lowest BCUT2D eigenvalue weighted by atomic mass is 10.2. The molecule has 3 aromatic rings. The predicted molar refractivity (Wildman–Crippen MR) is 93.0 cm³/mol. The molecule has 0 saturated carbocycles. The van der Waals surface area contributed by atoms with Crippen LogP contribution in [-0.2, 0) is 6.54 Å². The third kappa shape index (κ3) is 3.75. The Balaban J connectivity index is 1.73. The molecule has 0 spiro atoms. The number of aryl methyl sites for hydroxylation is 1. The van der Waals surface area contributed by atoms with Gasteiger partial charge in [-0.1, -0.05) is 11.3 Å². The summed E-state index contributed by atoms with van der Waals surface area (Å²) in [6.07, 6.45) is 2.71. The van der Waals surface area contributed by atoms with Gasteiger partial charge in [-0.05, 0) is 22.6 Å². The highest BCUT2D eigenvalue weighted by atomic mass is 32.1. The summed E-state index contributed by atoms with van der Waals surface area (Å²) in [6, 6.07) is 5.91. The summed E-state index contributed by atoms with van der Waals surface area (Å²) >= 11 is 1.19. The smallest absolute Gasteiger partial charge is 0.343 e. The molecule has 0 fully saturated rings. The van der Waals surface area contributed by atoms with Crippen LogP contribution in [0.4, 0.5) is 16.6 Å². The zero-order valence-electron chi connectivity index (χ0n) is 13.3. The summed E-state index contributed by atoms with van der Waals surface area (Å²) in [6.45, 7) is 1.84. The standard InChI is InChI=1S/C14H11N7O4S/c1-9-15-7-13(21(24)25)19(9)8-12-17-18-14(26-12)16-6-10-2-4-11(5-3-10)20(22)23/h2-7H,8H2,1H3. The van der Waals surface area contributed by atoms with Gasteiger partial charge in [0.15, 0.2) is 10.8 Å². The van der Waals surface area contributed by atoms with Crippen LogP contribution in [0.2, 0.25) is 0 Å². The molecule has 0 bridgehead atoms. The molecule has 0 aliphatic carbocycles. The van der Waals surface area contributed by atoms with Crippen molar-refractivity contribution < 1.29 is 9.85 Å². The summed E-state index contributed by atoms with van der Waals surface area (Å²) in [4.78, 5) is 28.8. The first-order valence-corrected chi connectivity index (χ1v) is 8.03. The van der Waals surface area contributed by atoms with E-state index < -0.39 is 9.85 Å². The Bertz CT molecular complexity index is 993. The average Bonchev–Trinajstić information content (AvgIpc) is 3.21. The molecule has 1 aromatic carbocycles. The number of aliphatic imine (C=N–C) groups is 1. The topological polar surface area (TPSA) is 142 Å². The van der Waals surface area contributed by atoms with Crippen molar-refractivity contribution in [3.8, 4) is 0 Å². The van der Waals surface area contributed by atoms with Crippen LogP contribution in [0.1, 0.15) is 16.4 Å². The van der Waals surface area contributed by atoms with Crippen LogP contribution in [-0.4, -0.2) is 35.8 Å². The highest BCUT2D eigenvalue weighted by molar-refractivity contribution is 7.14. The molecule has 0 unspecified atom stereocenters. The average molecular weight is 373 g/mol. The maximum atomic E-state index is 11.0. The second kappa shape index (κ2) is 7.14. The van der Waals surface area contributed by atoms with E-state index in [4.69, 9.17) is 0 Å². The number of non-ortho nitro benzene ring substituents is 1. The number of aromatic nitrogens is 4. The van der Waals surface area contributed by atoms with Gasteiger partial charge in [0.1, 0.15) is 12.7 Å². The van der Waals surface area contributed by atoms with E-state index in [0.717, 1.165) is 0 Å². The zero-order chi connectivity index (χ0) is 18.7. The first kappa shape index (κ1) is 17.3. The third-order valence-corrected chi connectivity index (χ3v) is 4.21. The van der Waals surface area contributed by atoms with Crippen LogP contribution in [0.3, 0.4) is 0 Å². The van der Waals surface area contributed by atoms with Crippen molar-refractivity contribution in [2.24, 2.45) is 4.99 Å². The van der Waals surface area contributed by atoms with Gasteiger partial charge in [0.2, 0.25) is 5.13 Å². The summed E-state index contributed by atoms with van der Waals surface area (Å²) in [5.74, 6) is 0.386. The van der Waals surface area contributed by atoms with Crippen molar-refractivity contribution in [2.45, 2.75) is 13.5 Å². The fourth-order valence-electron chi connectivity index (χ4n) is 2.11. The van der Waals surface area contributed by atoms with Crippen molar-refractivity contribution in [2.75, 3.05) is 0 Å². The summed E-state index contributed by atoms with van der Waals surface area (Å²) < 4.78 is 1.43. The van der Waals surface area contributed by atoms with Gasteiger partial charge in [-0.3, -0.25) is 10.1 Å². The van der Waals surface area contributed by atoms with Crippen molar-refractivity contribution in [1.82, 2.24) is 19.7 Å². The number of nitro groups is 2. The largest absolute Gasteiger partial charge is 0.358 e. The number of nitrogens with zero attached hydrogens (tertiary/aromatic N) is 7. The maximum absolute atomic E-state index is 11.0. The van der Waals surface area contributed by atoms with E-state index in [2.05, 4.69) is 20.2 Å². The lowest BCUT2D eigenvalue weighted by molar-refractivity contribution is -0.392. The van der Waals surface area contributed by atoms with Crippen molar-refractivity contribution in [3.05, 3.63) is 67.1 Å². The molecule has 0 amide bonds. The van der Waals surface area contributed by atoms with Crippen LogP contribution < -0.4 is 0 Å². The minimum absolute atomic E-state index is 0.00218. The van der Waals surface area contributed by atoms with E-state index in [0.29, 0.717) is 21.5 Å². The van der Waals surface area contributed by atoms with Gasteiger partial charge in [-0.2, -0.15) is 0 Å². The van der Waals surface area contributed by atoms with E-state index in [1.807, 2.05) is 0 Å². The molecule has 0 N–H and O–H groups in total. The minimum atomic E-state index is -0.505. The first-order chi connectivity index (χ1) is 12.4. The van der Waals surface area contributed by atoms with Crippen LogP contribution in [0, 0.1) is 27.2 Å². The second-order valence-electron chi connectivity index (χ2n) is 5.09. The Kier molecular flexibility index (Phi) is 4.75. The second-order valence-corrected chi connectivity index (χ2v) is 6.13. The number of hydrogen-bond donors (Lipinski definition) is 0. The molecule has 2 heterocycles. The first-order valence-electron chi connectivity index (χ1n) is 7.21. The number of benzene rings is 1. The number of imidazole rings is 1. The van der Waals surface area contributed by atoms with E-state index in [9.17, 15) is 20.2 Å². The van der Waals surface area contributed by atoms with Gasteiger partial charge < -0.3 is 10.1 Å². The number of rotatable bonds is 6. The van der Waals surface area contributed by atoms with Crippen molar-refractivity contribution >= 4 is 34.2 Å². The van der Waals surface area contributed by atoms with Gasteiger partial charge in [-0.15, -0.1) is 10.2 Å². The maximum Gasteiger partial charge on any atom is 0.343 e. The van der Waals surface area contributed by atoms with Gasteiger partial charge in [0.05, 0.1) is 4.92 Å². The molecule has 0 radical (unpaired) electrons. The Morgan fingerprint density at radius 2 is 1.92 bits per heavy atom. The molecule has 0 aliphatic heterocycles. The molecule has 3 rings (SSSR count). The minimum Gasteiger partial charge on any atom is -0.358 e. The molecule has 26 heavy (non-hydrogen) atoms. The fraction of sp³-hybridized carbons (Fsp3) is 0.143. The van der Waals surface area contributed by atoms with Crippen molar-refractivity contribution in [1.29, 1.82) is 0 Å². The van der Waals surface area contributed by atoms with Crippen LogP contribution in [0.25, 0.3) is 0 Å². The molecule has 12 heteroatoms. The lowest BCUT2D eigenvalue weighted by Gasteiger charge is -1.99. The highest BCUT2D eigenvalue weighted by Crippen LogP contribution is 2.22. The zero-order valence-corrected chi connectivity index (χ0v) is 14.2. The third-order valence-electron chi connectivity index (χ3n) is 3.40. The van der Waals surface area contributed by atoms with Crippen LogP contribution >= 0.6 is 11.3 Å². The molecule has 0 saturated heterocycles. The summed E-state index contributed by atoms with van der Waals surface area (Å²) in [5.41, 5.74) is 0.672. The molecule has 2 aromatic heterocycles. The number of nitro benzene ring substituents is 1. The SMILES string of the molecule is Cc1ncc([N+](=O)[O-])n1Cc1nnc(N=Cc2ccc([N+](=O)[O-])cc2)s1. The van der Waals surface area contributed by atoms with Crippen LogP contribution in [0.5, 0.6) is 0 Å². The van der Waals surface area contributed by atoms with Gasteiger partial charge in [0.25, 0.3) is 5.69 Å². The Morgan fingerprint density at radius 1 is 1.19 bits per heavy atom. The normalized spacial score (nSPS) is 11.1. The van der Waals surface area contributed by atoms with E-state index >= 15 is 0 Å². The fourth-order valence-corrected chi connectivity index (χ4v) is 2.78. The van der Waals surface area contributed by atoms with Gasteiger partial charge >= 0.3 is 5.82 Å².